The van der Waals surface area contributed by atoms with Crippen molar-refractivity contribution < 1.29 is 18.4 Å². The second-order valence-electron chi connectivity index (χ2n) is 6.09. The standard InChI is InChI=1S/C19H15FN2O3/c1-22-7-6-11-2-4-13(9-15(11)19(22)24)21-18(23)16-10-25-17-8-12(20)3-5-14(16)17/h2-5,8-10H,6-7H2,1H3,(H,21,23). The van der Waals surface area contributed by atoms with Gasteiger partial charge in [-0.15, -0.1) is 0 Å². The molecular formula is C19H15FN2O3. The van der Waals surface area contributed by atoms with Gasteiger partial charge < -0.3 is 14.6 Å². The van der Waals surface area contributed by atoms with Crippen LogP contribution in [0.25, 0.3) is 11.0 Å². The first kappa shape index (κ1) is 15.4. The van der Waals surface area contributed by atoms with Crippen LogP contribution >= 0.6 is 0 Å². The van der Waals surface area contributed by atoms with Gasteiger partial charge in [-0.25, -0.2) is 4.39 Å². The number of furan rings is 1. The molecule has 0 unspecified atom stereocenters. The molecule has 2 heterocycles. The number of nitrogens with zero attached hydrogens (tertiary/aromatic N) is 1. The van der Waals surface area contributed by atoms with Gasteiger partial charge in [0.05, 0.1) is 5.56 Å². The Labute approximate surface area is 143 Å². The van der Waals surface area contributed by atoms with E-state index in [4.69, 9.17) is 4.42 Å². The van der Waals surface area contributed by atoms with Gasteiger partial charge in [0.2, 0.25) is 0 Å². The minimum atomic E-state index is -0.425. The van der Waals surface area contributed by atoms with E-state index >= 15 is 0 Å². The molecule has 1 aliphatic rings. The summed E-state index contributed by atoms with van der Waals surface area (Å²) >= 11 is 0. The fourth-order valence-electron chi connectivity index (χ4n) is 3.04. The normalized spacial score (nSPS) is 13.8. The number of amides is 2. The Morgan fingerprint density at radius 1 is 1.24 bits per heavy atom. The maximum atomic E-state index is 13.2. The number of hydrogen-bond acceptors (Lipinski definition) is 3. The van der Waals surface area contributed by atoms with E-state index in [1.165, 1.54) is 24.5 Å². The Kier molecular flexibility index (Phi) is 3.53. The molecule has 25 heavy (non-hydrogen) atoms. The summed E-state index contributed by atoms with van der Waals surface area (Å²) in [7, 11) is 1.76. The smallest absolute Gasteiger partial charge is 0.259 e. The average Bonchev–Trinajstić information content (AvgIpc) is 3.01. The van der Waals surface area contributed by atoms with Crippen LogP contribution < -0.4 is 5.32 Å². The van der Waals surface area contributed by atoms with Crippen LogP contribution in [0.2, 0.25) is 0 Å². The minimum absolute atomic E-state index is 0.0541. The predicted octanol–water partition coefficient (Wildman–Crippen LogP) is 3.45. The van der Waals surface area contributed by atoms with Crippen molar-refractivity contribution in [2.75, 3.05) is 18.9 Å². The molecule has 0 spiro atoms. The number of carbonyl (C=O) groups excluding carboxylic acids is 2. The first-order valence-corrected chi connectivity index (χ1v) is 7.89. The highest BCUT2D eigenvalue weighted by molar-refractivity contribution is 6.12. The summed E-state index contributed by atoms with van der Waals surface area (Å²) in [5, 5.41) is 3.31. The van der Waals surface area contributed by atoms with E-state index in [0.717, 1.165) is 12.0 Å². The number of nitrogens with one attached hydrogen (secondary N) is 1. The van der Waals surface area contributed by atoms with Crippen molar-refractivity contribution in [2.45, 2.75) is 6.42 Å². The number of benzene rings is 2. The highest BCUT2D eigenvalue weighted by atomic mass is 19.1. The van der Waals surface area contributed by atoms with Crippen LogP contribution in [0.5, 0.6) is 0 Å². The number of carbonyl (C=O) groups is 2. The Bertz CT molecular complexity index is 1010. The molecule has 0 saturated heterocycles. The van der Waals surface area contributed by atoms with Crippen LogP contribution in [0, 0.1) is 5.82 Å². The van der Waals surface area contributed by atoms with Crippen molar-refractivity contribution in [1.29, 1.82) is 0 Å². The first-order chi connectivity index (χ1) is 12.0. The summed E-state index contributed by atoms with van der Waals surface area (Å²) in [6.45, 7) is 0.690. The summed E-state index contributed by atoms with van der Waals surface area (Å²) in [4.78, 5) is 26.4. The summed E-state index contributed by atoms with van der Waals surface area (Å²) in [5.74, 6) is -0.852. The molecule has 1 aliphatic heterocycles. The van der Waals surface area contributed by atoms with E-state index in [9.17, 15) is 14.0 Å². The molecule has 0 aliphatic carbocycles. The van der Waals surface area contributed by atoms with Crippen LogP contribution in [0.15, 0.2) is 47.1 Å². The summed E-state index contributed by atoms with van der Waals surface area (Å²) in [6, 6.07) is 9.35. The lowest BCUT2D eigenvalue weighted by atomic mass is 9.98. The Morgan fingerprint density at radius 2 is 2.08 bits per heavy atom. The van der Waals surface area contributed by atoms with Crippen LogP contribution in [-0.4, -0.2) is 30.3 Å². The maximum Gasteiger partial charge on any atom is 0.259 e. The Balaban J connectivity index is 1.63. The molecule has 1 aromatic heterocycles. The van der Waals surface area contributed by atoms with Gasteiger partial charge >= 0.3 is 0 Å². The number of likely N-dealkylation sites (N-methyl/N-ethyl adjacent to an activating group) is 1. The molecule has 0 fully saturated rings. The molecule has 2 amide bonds. The average molecular weight is 338 g/mol. The second kappa shape index (κ2) is 5.73. The Morgan fingerprint density at radius 3 is 2.92 bits per heavy atom. The zero-order chi connectivity index (χ0) is 17.6. The molecule has 0 bridgehead atoms. The number of fused-ring (bicyclic) bond motifs is 2. The van der Waals surface area contributed by atoms with Crippen LogP contribution in [0.4, 0.5) is 10.1 Å². The van der Waals surface area contributed by atoms with E-state index < -0.39 is 5.82 Å². The van der Waals surface area contributed by atoms with Gasteiger partial charge in [-0.05, 0) is 36.2 Å². The fourth-order valence-corrected chi connectivity index (χ4v) is 3.04. The molecule has 0 saturated carbocycles. The van der Waals surface area contributed by atoms with E-state index in [-0.39, 0.29) is 11.8 Å². The number of rotatable bonds is 2. The molecule has 6 heteroatoms. The molecule has 126 valence electrons. The highest BCUT2D eigenvalue weighted by Crippen LogP contribution is 2.25. The molecule has 0 radical (unpaired) electrons. The summed E-state index contributed by atoms with van der Waals surface area (Å²) in [5.41, 5.74) is 2.74. The molecule has 4 rings (SSSR count). The molecule has 2 aromatic carbocycles. The van der Waals surface area contributed by atoms with Gasteiger partial charge in [0.15, 0.2) is 0 Å². The largest absolute Gasteiger partial charge is 0.463 e. The Hall–Kier alpha value is -3.15. The summed E-state index contributed by atoms with van der Waals surface area (Å²) < 4.78 is 18.5. The van der Waals surface area contributed by atoms with Gasteiger partial charge in [0.1, 0.15) is 17.7 Å². The lowest BCUT2D eigenvalue weighted by Gasteiger charge is -2.25. The number of hydrogen-bond donors (Lipinski definition) is 1. The molecule has 0 atom stereocenters. The van der Waals surface area contributed by atoms with E-state index in [1.807, 2.05) is 6.07 Å². The zero-order valence-electron chi connectivity index (χ0n) is 13.5. The number of halogens is 1. The van der Waals surface area contributed by atoms with E-state index in [1.54, 1.807) is 24.1 Å². The van der Waals surface area contributed by atoms with Crippen LogP contribution in [-0.2, 0) is 6.42 Å². The van der Waals surface area contributed by atoms with E-state index in [2.05, 4.69) is 5.32 Å². The predicted molar refractivity (Wildman–Crippen MR) is 91.2 cm³/mol. The minimum Gasteiger partial charge on any atom is -0.463 e. The lowest BCUT2D eigenvalue weighted by Crippen LogP contribution is -2.34. The quantitative estimate of drug-likeness (QED) is 0.778. The van der Waals surface area contributed by atoms with Gasteiger partial charge in [-0.3, -0.25) is 9.59 Å². The van der Waals surface area contributed by atoms with Crippen molar-refractivity contribution in [3.05, 3.63) is 65.2 Å². The monoisotopic (exact) mass is 338 g/mol. The molecular weight excluding hydrogens is 323 g/mol. The molecule has 3 aromatic rings. The van der Waals surface area contributed by atoms with Crippen molar-refractivity contribution in [2.24, 2.45) is 0 Å². The third-order valence-electron chi connectivity index (χ3n) is 4.44. The number of anilines is 1. The van der Waals surface area contributed by atoms with Crippen LogP contribution in [0.3, 0.4) is 0 Å². The zero-order valence-corrected chi connectivity index (χ0v) is 13.5. The van der Waals surface area contributed by atoms with Gasteiger partial charge in [0.25, 0.3) is 11.8 Å². The van der Waals surface area contributed by atoms with Crippen molar-refractivity contribution in [3.8, 4) is 0 Å². The third-order valence-corrected chi connectivity index (χ3v) is 4.44. The third kappa shape index (κ3) is 2.65. The second-order valence-corrected chi connectivity index (χ2v) is 6.09. The van der Waals surface area contributed by atoms with Gasteiger partial charge in [-0.1, -0.05) is 6.07 Å². The highest BCUT2D eigenvalue weighted by Gasteiger charge is 2.22. The van der Waals surface area contributed by atoms with Gasteiger partial charge in [-0.2, -0.15) is 0 Å². The van der Waals surface area contributed by atoms with Crippen molar-refractivity contribution in [1.82, 2.24) is 4.90 Å². The first-order valence-electron chi connectivity index (χ1n) is 7.89. The van der Waals surface area contributed by atoms with Gasteiger partial charge in [0, 0.05) is 36.3 Å². The van der Waals surface area contributed by atoms with Crippen LogP contribution in [0.1, 0.15) is 26.3 Å². The molecule has 1 N–H and O–H groups in total. The lowest BCUT2D eigenvalue weighted by molar-refractivity contribution is 0.0780. The van der Waals surface area contributed by atoms with Crippen molar-refractivity contribution in [3.63, 3.8) is 0 Å². The van der Waals surface area contributed by atoms with Crippen molar-refractivity contribution >= 4 is 28.5 Å². The SMILES string of the molecule is CN1CCc2ccc(NC(=O)c3coc4cc(F)ccc34)cc2C1=O. The van der Waals surface area contributed by atoms with E-state index in [0.29, 0.717) is 34.3 Å². The molecule has 5 nitrogen and oxygen atoms in total. The topological polar surface area (TPSA) is 62.6 Å². The maximum absolute atomic E-state index is 13.2. The fraction of sp³-hybridized carbons (Fsp3) is 0.158. The summed E-state index contributed by atoms with van der Waals surface area (Å²) in [6.07, 6.45) is 2.10.